The standard InChI is InChI=1S/C68H127NO5/c1-3-5-7-9-11-13-15-37-42-46-50-54-58-62-68(73)74-63-59-55-51-47-43-39-36-34-32-30-28-26-24-22-20-18-17-19-21-23-25-27-29-31-33-35-38-41-45-49-53-57-61-67(72)69-65(64-70)66(71)60-56-52-48-44-40-16-14-12-10-8-6-4-2/h7,9,13,15,20,22,56,60,65-66,70-71H,3-6,8,10-12,14,16-19,21,23-55,57-59,61-64H2,1-2H3,(H,69,72)/b9-7-,15-13-,22-20-,60-56+. The zero-order chi connectivity index (χ0) is 53.6. The number of nitrogens with one attached hydrogen (secondary N) is 1. The lowest BCUT2D eigenvalue weighted by Crippen LogP contribution is -2.45. The molecule has 0 aliphatic heterocycles. The van der Waals surface area contributed by atoms with E-state index in [1.165, 1.54) is 270 Å². The normalized spacial score (nSPS) is 12.9. The third kappa shape index (κ3) is 59.1. The van der Waals surface area contributed by atoms with Crippen molar-refractivity contribution in [3.05, 3.63) is 48.6 Å². The predicted octanol–water partition coefficient (Wildman–Crippen LogP) is 20.9. The van der Waals surface area contributed by atoms with E-state index in [0.29, 0.717) is 19.4 Å². The molecular formula is C68H127NO5. The third-order valence-corrected chi connectivity index (χ3v) is 15.0. The van der Waals surface area contributed by atoms with Gasteiger partial charge in [-0.3, -0.25) is 9.59 Å². The van der Waals surface area contributed by atoms with Gasteiger partial charge in [-0.1, -0.05) is 300 Å². The maximum absolute atomic E-state index is 12.4. The summed E-state index contributed by atoms with van der Waals surface area (Å²) in [6.45, 7) is 4.84. The lowest BCUT2D eigenvalue weighted by atomic mass is 10.0. The van der Waals surface area contributed by atoms with Crippen LogP contribution in [0, 0.1) is 0 Å². The monoisotopic (exact) mass is 1040 g/mol. The van der Waals surface area contributed by atoms with Gasteiger partial charge >= 0.3 is 5.97 Å². The van der Waals surface area contributed by atoms with Crippen LogP contribution >= 0.6 is 0 Å². The highest BCUT2D eigenvalue weighted by molar-refractivity contribution is 5.76. The summed E-state index contributed by atoms with van der Waals surface area (Å²) in [5.41, 5.74) is 0. The summed E-state index contributed by atoms with van der Waals surface area (Å²) in [5, 5.41) is 23.1. The number of carbonyl (C=O) groups excluding carboxylic acids is 2. The van der Waals surface area contributed by atoms with Gasteiger partial charge in [-0.05, 0) is 83.5 Å². The molecule has 0 fully saturated rings. The van der Waals surface area contributed by atoms with Crippen LogP contribution in [0.1, 0.15) is 348 Å². The summed E-state index contributed by atoms with van der Waals surface area (Å²) in [4.78, 5) is 24.5. The molecule has 0 saturated heterocycles. The van der Waals surface area contributed by atoms with Gasteiger partial charge in [0.25, 0.3) is 0 Å². The van der Waals surface area contributed by atoms with Crippen molar-refractivity contribution in [2.45, 2.75) is 360 Å². The summed E-state index contributed by atoms with van der Waals surface area (Å²) in [6, 6.07) is -0.625. The van der Waals surface area contributed by atoms with E-state index >= 15 is 0 Å². The van der Waals surface area contributed by atoms with Crippen LogP contribution in [0.4, 0.5) is 0 Å². The average molecular weight is 1040 g/mol. The molecule has 0 saturated carbocycles. The van der Waals surface area contributed by atoms with Crippen LogP contribution in [-0.4, -0.2) is 47.4 Å². The maximum atomic E-state index is 12.4. The largest absolute Gasteiger partial charge is 0.466 e. The summed E-state index contributed by atoms with van der Waals surface area (Å²) < 4.78 is 5.47. The van der Waals surface area contributed by atoms with Crippen LogP contribution in [-0.2, 0) is 14.3 Å². The van der Waals surface area contributed by atoms with Gasteiger partial charge in [0.05, 0.1) is 25.4 Å². The average Bonchev–Trinajstić information content (AvgIpc) is 3.40. The number of allylic oxidation sites excluding steroid dienone is 7. The van der Waals surface area contributed by atoms with E-state index in [1.807, 2.05) is 6.08 Å². The number of ether oxygens (including phenoxy) is 1. The molecule has 0 aliphatic carbocycles. The Kier molecular flexibility index (Phi) is 61.5. The van der Waals surface area contributed by atoms with Gasteiger partial charge in [-0.25, -0.2) is 0 Å². The first-order valence-corrected chi connectivity index (χ1v) is 32.9. The Hall–Kier alpha value is -2.18. The second-order valence-corrected chi connectivity index (χ2v) is 22.4. The molecule has 0 radical (unpaired) electrons. The van der Waals surface area contributed by atoms with Crippen molar-refractivity contribution in [2.75, 3.05) is 13.2 Å². The number of hydrogen-bond donors (Lipinski definition) is 3. The minimum Gasteiger partial charge on any atom is -0.466 e. The van der Waals surface area contributed by atoms with E-state index in [-0.39, 0.29) is 18.5 Å². The SMILES string of the molecule is CCC/C=C\C/C=C\CCCCCCCC(=O)OCCCCCCCCCCCCCC/C=C\CCCCCCCCCCCCCCCCCCC(=O)NC(CO)C(O)/C=C/CCCCCCCCCCCC. The molecule has 0 aliphatic rings. The summed E-state index contributed by atoms with van der Waals surface area (Å²) >= 11 is 0. The van der Waals surface area contributed by atoms with Crippen LogP contribution in [0.25, 0.3) is 0 Å². The van der Waals surface area contributed by atoms with Crippen molar-refractivity contribution in [1.82, 2.24) is 5.32 Å². The Morgan fingerprint density at radius 2 is 0.703 bits per heavy atom. The second kappa shape index (κ2) is 63.4. The van der Waals surface area contributed by atoms with Gasteiger partial charge in [-0.2, -0.15) is 0 Å². The van der Waals surface area contributed by atoms with Crippen molar-refractivity contribution in [1.29, 1.82) is 0 Å². The second-order valence-electron chi connectivity index (χ2n) is 22.4. The molecule has 0 rings (SSSR count). The Bertz CT molecular complexity index is 1240. The minimum absolute atomic E-state index is 0.00223. The quantitative estimate of drug-likeness (QED) is 0.0320. The number of hydrogen-bond acceptors (Lipinski definition) is 5. The Balaban J connectivity index is 3.36. The van der Waals surface area contributed by atoms with Gasteiger partial charge in [-0.15, -0.1) is 0 Å². The summed E-state index contributed by atoms with van der Waals surface area (Å²) in [5.74, 6) is -0.0632. The first kappa shape index (κ1) is 71.8. The zero-order valence-electron chi connectivity index (χ0n) is 49.6. The number of unbranched alkanes of at least 4 members (excludes halogenated alkanes) is 44. The van der Waals surface area contributed by atoms with Crippen molar-refractivity contribution in [3.8, 4) is 0 Å². The van der Waals surface area contributed by atoms with Crippen LogP contribution in [0.2, 0.25) is 0 Å². The van der Waals surface area contributed by atoms with Gasteiger partial charge in [0.1, 0.15) is 0 Å². The molecule has 2 atom stereocenters. The van der Waals surface area contributed by atoms with Crippen molar-refractivity contribution in [2.24, 2.45) is 0 Å². The fourth-order valence-corrected chi connectivity index (χ4v) is 10.0. The Labute approximate surface area is 461 Å². The molecule has 2 unspecified atom stereocenters. The van der Waals surface area contributed by atoms with Crippen molar-refractivity contribution < 1.29 is 24.5 Å². The molecule has 0 heterocycles. The summed E-state index contributed by atoms with van der Waals surface area (Å²) in [7, 11) is 0. The lowest BCUT2D eigenvalue weighted by molar-refractivity contribution is -0.143. The van der Waals surface area contributed by atoms with E-state index in [4.69, 9.17) is 4.74 Å². The lowest BCUT2D eigenvalue weighted by Gasteiger charge is -2.20. The predicted molar refractivity (Wildman–Crippen MR) is 324 cm³/mol. The summed E-state index contributed by atoms with van der Waals surface area (Å²) in [6.07, 6.45) is 81.8. The number of aliphatic hydroxyl groups excluding tert-OH is 2. The van der Waals surface area contributed by atoms with E-state index in [2.05, 4.69) is 55.6 Å². The number of esters is 1. The molecule has 3 N–H and O–H groups in total. The topological polar surface area (TPSA) is 95.9 Å². The molecule has 0 spiro atoms. The van der Waals surface area contributed by atoms with Crippen LogP contribution < -0.4 is 5.32 Å². The van der Waals surface area contributed by atoms with Crippen LogP contribution in [0.5, 0.6) is 0 Å². The van der Waals surface area contributed by atoms with Gasteiger partial charge in [0.2, 0.25) is 5.91 Å². The molecule has 0 aromatic carbocycles. The van der Waals surface area contributed by atoms with Crippen molar-refractivity contribution >= 4 is 11.9 Å². The van der Waals surface area contributed by atoms with E-state index in [1.54, 1.807) is 6.08 Å². The van der Waals surface area contributed by atoms with Gasteiger partial charge in [0.15, 0.2) is 0 Å². The van der Waals surface area contributed by atoms with E-state index in [0.717, 1.165) is 51.4 Å². The highest BCUT2D eigenvalue weighted by Gasteiger charge is 2.18. The number of amides is 1. The molecule has 74 heavy (non-hydrogen) atoms. The maximum Gasteiger partial charge on any atom is 0.305 e. The molecular weight excluding hydrogens is 911 g/mol. The van der Waals surface area contributed by atoms with Gasteiger partial charge in [0, 0.05) is 12.8 Å². The third-order valence-electron chi connectivity index (χ3n) is 15.0. The fraction of sp³-hybridized carbons (Fsp3) is 0.853. The molecule has 0 aromatic rings. The fourth-order valence-electron chi connectivity index (χ4n) is 10.0. The van der Waals surface area contributed by atoms with Crippen LogP contribution in [0.15, 0.2) is 48.6 Å². The first-order valence-electron chi connectivity index (χ1n) is 32.9. The van der Waals surface area contributed by atoms with Crippen LogP contribution in [0.3, 0.4) is 0 Å². The van der Waals surface area contributed by atoms with E-state index < -0.39 is 12.1 Å². The van der Waals surface area contributed by atoms with E-state index in [9.17, 15) is 19.8 Å². The highest BCUT2D eigenvalue weighted by atomic mass is 16.5. The van der Waals surface area contributed by atoms with Gasteiger partial charge < -0.3 is 20.3 Å². The molecule has 0 aromatic heterocycles. The minimum atomic E-state index is -0.842. The Morgan fingerprint density at radius 1 is 0.378 bits per heavy atom. The number of carbonyl (C=O) groups is 2. The molecule has 0 bridgehead atoms. The first-order chi connectivity index (χ1) is 36.5. The molecule has 6 nitrogen and oxygen atoms in total. The molecule has 434 valence electrons. The number of aliphatic hydroxyl groups is 2. The molecule has 1 amide bonds. The zero-order valence-corrected chi connectivity index (χ0v) is 49.6. The Morgan fingerprint density at radius 3 is 1.09 bits per heavy atom. The molecule has 6 heteroatoms. The van der Waals surface area contributed by atoms with Crippen molar-refractivity contribution in [3.63, 3.8) is 0 Å². The smallest absolute Gasteiger partial charge is 0.305 e. The highest BCUT2D eigenvalue weighted by Crippen LogP contribution is 2.17. The number of rotatable bonds is 61.